The second-order valence-electron chi connectivity index (χ2n) is 6.19. The van der Waals surface area contributed by atoms with Crippen LogP contribution in [0.2, 0.25) is 0 Å². The third-order valence-electron chi connectivity index (χ3n) is 4.28. The number of nitrogens with one attached hydrogen (secondary N) is 1. The standard InChI is InChI=1S/C23H31NO/c1-6-11-23(24-5)19(4)14-21(17-25)16-22(18(3)7-2)15-20-12-9-8-10-13-20/h8-14,16-17,24H,6-7,15H2,1-5H3/b19-14+,21-16+,22-18+,23-11-. The van der Waals surface area contributed by atoms with E-state index in [-0.39, 0.29) is 0 Å². The van der Waals surface area contributed by atoms with Gasteiger partial charge >= 0.3 is 0 Å². The van der Waals surface area contributed by atoms with Gasteiger partial charge in [-0.1, -0.05) is 55.8 Å². The van der Waals surface area contributed by atoms with Crippen LogP contribution in [0.5, 0.6) is 0 Å². The lowest BCUT2D eigenvalue weighted by molar-refractivity contribution is -0.104. The zero-order chi connectivity index (χ0) is 18.7. The molecule has 0 unspecified atom stereocenters. The molecule has 0 fully saturated rings. The Labute approximate surface area is 153 Å². The van der Waals surface area contributed by atoms with Crippen LogP contribution in [0.15, 0.2) is 76.5 Å². The fraction of sp³-hybridized carbons (Fsp3) is 0.348. The molecule has 0 spiro atoms. The lowest BCUT2D eigenvalue weighted by atomic mass is 9.96. The van der Waals surface area contributed by atoms with Crippen LogP contribution >= 0.6 is 0 Å². The maximum atomic E-state index is 11.6. The van der Waals surface area contributed by atoms with E-state index in [9.17, 15) is 4.79 Å². The summed E-state index contributed by atoms with van der Waals surface area (Å²) in [5.41, 5.74) is 6.62. The minimum atomic E-state index is 0.702. The number of aldehydes is 1. The van der Waals surface area contributed by atoms with Crippen LogP contribution in [-0.4, -0.2) is 13.3 Å². The smallest absolute Gasteiger partial charge is 0.150 e. The van der Waals surface area contributed by atoms with Crippen molar-refractivity contribution in [2.24, 2.45) is 0 Å². The SMILES string of the molecule is CC/C=C(NC)/C(C)=C/C(C=O)=C\C(Cc1ccccc1)=C(/C)CC. The Kier molecular flexibility index (Phi) is 9.31. The minimum Gasteiger partial charge on any atom is -0.388 e. The summed E-state index contributed by atoms with van der Waals surface area (Å²) in [5, 5.41) is 3.20. The minimum absolute atomic E-state index is 0.702. The molecule has 0 saturated heterocycles. The molecule has 1 aromatic rings. The number of likely N-dealkylation sites (N-methyl/N-ethyl adjacent to an activating group) is 1. The molecule has 0 saturated carbocycles. The lowest BCUT2D eigenvalue weighted by Crippen LogP contribution is -2.07. The molecule has 0 aromatic heterocycles. The summed E-state index contributed by atoms with van der Waals surface area (Å²) in [6, 6.07) is 10.4. The zero-order valence-corrected chi connectivity index (χ0v) is 16.2. The molecule has 0 aliphatic carbocycles. The first-order valence-corrected chi connectivity index (χ1v) is 9.01. The molecule has 0 aliphatic rings. The van der Waals surface area contributed by atoms with Crippen LogP contribution in [-0.2, 0) is 11.2 Å². The molecule has 0 aliphatic heterocycles. The molecule has 1 rings (SSSR count). The van der Waals surface area contributed by atoms with Gasteiger partial charge in [0.05, 0.1) is 0 Å². The predicted octanol–water partition coefficient (Wildman–Crippen LogP) is 5.54. The number of rotatable bonds is 9. The normalized spacial score (nSPS) is 14.2. The molecule has 0 bridgehead atoms. The van der Waals surface area contributed by atoms with Gasteiger partial charge in [-0.25, -0.2) is 0 Å². The van der Waals surface area contributed by atoms with Gasteiger partial charge in [-0.3, -0.25) is 4.79 Å². The van der Waals surface area contributed by atoms with Crippen LogP contribution < -0.4 is 5.32 Å². The number of benzene rings is 1. The Bertz CT molecular complexity index is 675. The van der Waals surface area contributed by atoms with Crippen molar-refractivity contribution in [2.45, 2.75) is 47.0 Å². The lowest BCUT2D eigenvalue weighted by Gasteiger charge is -2.10. The second kappa shape index (κ2) is 11.2. The van der Waals surface area contributed by atoms with Gasteiger partial charge in [0.2, 0.25) is 0 Å². The number of carbonyl (C=O) groups is 1. The fourth-order valence-electron chi connectivity index (χ4n) is 2.67. The highest BCUT2D eigenvalue weighted by molar-refractivity contribution is 5.79. The molecule has 0 atom stereocenters. The van der Waals surface area contributed by atoms with Gasteiger partial charge in [0.15, 0.2) is 0 Å². The average molecular weight is 338 g/mol. The first-order chi connectivity index (χ1) is 12.0. The van der Waals surface area contributed by atoms with Gasteiger partial charge in [-0.05, 0) is 62.0 Å². The molecule has 0 amide bonds. The number of hydrogen-bond acceptors (Lipinski definition) is 2. The Balaban J connectivity index is 3.21. The number of carbonyl (C=O) groups excluding carboxylic acids is 1. The van der Waals surface area contributed by atoms with Crippen molar-refractivity contribution in [3.05, 3.63) is 82.1 Å². The molecule has 134 valence electrons. The van der Waals surface area contributed by atoms with Gasteiger partial charge in [0.25, 0.3) is 0 Å². The summed E-state index contributed by atoms with van der Waals surface area (Å²) in [4.78, 5) is 11.6. The zero-order valence-electron chi connectivity index (χ0n) is 16.2. The third-order valence-corrected chi connectivity index (χ3v) is 4.28. The molecule has 1 N–H and O–H groups in total. The molecule has 2 nitrogen and oxygen atoms in total. The molecule has 25 heavy (non-hydrogen) atoms. The van der Waals surface area contributed by atoms with Crippen LogP contribution in [0.1, 0.15) is 46.1 Å². The summed E-state index contributed by atoms with van der Waals surface area (Å²) in [7, 11) is 1.91. The molecule has 2 heteroatoms. The van der Waals surface area contributed by atoms with Gasteiger partial charge in [-0.15, -0.1) is 0 Å². The van der Waals surface area contributed by atoms with Gasteiger partial charge in [0.1, 0.15) is 6.29 Å². The Morgan fingerprint density at radius 3 is 2.28 bits per heavy atom. The van der Waals surface area contributed by atoms with Gasteiger partial charge < -0.3 is 5.32 Å². The van der Waals surface area contributed by atoms with Crippen molar-refractivity contribution < 1.29 is 4.79 Å². The van der Waals surface area contributed by atoms with Crippen molar-refractivity contribution >= 4 is 6.29 Å². The van der Waals surface area contributed by atoms with Gasteiger partial charge in [0, 0.05) is 18.3 Å². The van der Waals surface area contributed by atoms with Crippen molar-refractivity contribution in [2.75, 3.05) is 7.05 Å². The molecule has 0 radical (unpaired) electrons. The highest BCUT2D eigenvalue weighted by atomic mass is 16.1. The van der Waals surface area contributed by atoms with E-state index in [1.165, 1.54) is 16.7 Å². The molecule has 1 aromatic carbocycles. The maximum absolute atomic E-state index is 11.6. The first-order valence-electron chi connectivity index (χ1n) is 9.01. The van der Waals surface area contributed by atoms with E-state index in [1.807, 2.05) is 32.2 Å². The summed E-state index contributed by atoms with van der Waals surface area (Å²) < 4.78 is 0. The van der Waals surface area contributed by atoms with E-state index in [1.54, 1.807) is 0 Å². The Morgan fingerprint density at radius 2 is 1.76 bits per heavy atom. The average Bonchev–Trinajstić information content (AvgIpc) is 2.64. The second-order valence-corrected chi connectivity index (χ2v) is 6.19. The summed E-state index contributed by atoms with van der Waals surface area (Å²) in [5.74, 6) is 0. The number of hydrogen-bond donors (Lipinski definition) is 1. The molecular formula is C23H31NO. The van der Waals surface area contributed by atoms with Gasteiger partial charge in [-0.2, -0.15) is 0 Å². The topological polar surface area (TPSA) is 29.1 Å². The summed E-state index contributed by atoms with van der Waals surface area (Å²) >= 11 is 0. The van der Waals surface area contributed by atoms with Crippen LogP contribution in [0.25, 0.3) is 0 Å². The van der Waals surface area contributed by atoms with E-state index in [0.717, 1.165) is 36.8 Å². The van der Waals surface area contributed by atoms with Crippen molar-refractivity contribution in [1.82, 2.24) is 5.32 Å². The van der Waals surface area contributed by atoms with Crippen molar-refractivity contribution in [3.8, 4) is 0 Å². The van der Waals surface area contributed by atoms with E-state index < -0.39 is 0 Å². The predicted molar refractivity (Wildman–Crippen MR) is 108 cm³/mol. The maximum Gasteiger partial charge on any atom is 0.150 e. The third kappa shape index (κ3) is 6.96. The van der Waals surface area contributed by atoms with Crippen LogP contribution in [0, 0.1) is 0 Å². The van der Waals surface area contributed by atoms with Crippen LogP contribution in [0.3, 0.4) is 0 Å². The van der Waals surface area contributed by atoms with E-state index in [0.29, 0.717) is 5.57 Å². The molecule has 0 heterocycles. The monoisotopic (exact) mass is 337 g/mol. The van der Waals surface area contributed by atoms with Crippen LogP contribution in [0.4, 0.5) is 0 Å². The Morgan fingerprint density at radius 1 is 1.08 bits per heavy atom. The fourth-order valence-corrected chi connectivity index (χ4v) is 2.67. The summed E-state index contributed by atoms with van der Waals surface area (Å²) in [6.07, 6.45) is 9.83. The van der Waals surface area contributed by atoms with E-state index in [4.69, 9.17) is 0 Å². The molecular weight excluding hydrogens is 306 g/mol. The van der Waals surface area contributed by atoms with E-state index >= 15 is 0 Å². The largest absolute Gasteiger partial charge is 0.388 e. The summed E-state index contributed by atoms with van der Waals surface area (Å²) in [6.45, 7) is 8.43. The van der Waals surface area contributed by atoms with Crippen molar-refractivity contribution in [3.63, 3.8) is 0 Å². The Hall–Kier alpha value is -2.35. The first kappa shape index (κ1) is 20.7. The van der Waals surface area contributed by atoms with Crippen molar-refractivity contribution in [1.29, 1.82) is 0 Å². The highest BCUT2D eigenvalue weighted by Gasteiger charge is 2.04. The quantitative estimate of drug-likeness (QED) is 0.364. The highest BCUT2D eigenvalue weighted by Crippen LogP contribution is 2.19. The number of allylic oxidation sites excluding steroid dienone is 7. The van der Waals surface area contributed by atoms with E-state index in [2.05, 4.69) is 56.4 Å².